The average Bonchev–Trinajstić information content (AvgIpc) is 2.60. The molecule has 1 aromatic rings. The maximum atomic E-state index is 11.9. The Morgan fingerprint density at radius 1 is 1.42 bits per heavy atom. The number of benzene rings is 1. The highest BCUT2D eigenvalue weighted by Gasteiger charge is 2.42. The minimum atomic E-state index is -0.583. The number of anilines is 1. The lowest BCUT2D eigenvalue weighted by atomic mass is 9.90. The highest BCUT2D eigenvalue weighted by molar-refractivity contribution is 5.92. The van der Waals surface area contributed by atoms with Gasteiger partial charge in [-0.25, -0.2) is 0 Å². The van der Waals surface area contributed by atoms with Crippen LogP contribution < -0.4 is 15.2 Å². The van der Waals surface area contributed by atoms with Crippen molar-refractivity contribution in [1.82, 2.24) is 5.43 Å². The van der Waals surface area contributed by atoms with Gasteiger partial charge in [0.15, 0.2) is 0 Å². The Morgan fingerprint density at radius 2 is 2.16 bits per heavy atom. The smallest absolute Gasteiger partial charge is 0.250 e. The predicted molar refractivity (Wildman–Crippen MR) is 75.8 cm³/mol. The quantitative estimate of drug-likeness (QED) is 0.905. The monoisotopic (exact) mass is 260 g/mol. The highest BCUT2D eigenvalue weighted by atomic mass is 16.5. The molecule has 2 rings (SSSR count). The van der Waals surface area contributed by atoms with Gasteiger partial charge in [0.2, 0.25) is 5.91 Å². The van der Waals surface area contributed by atoms with Crippen molar-refractivity contribution in [3.63, 3.8) is 0 Å². The summed E-state index contributed by atoms with van der Waals surface area (Å²) >= 11 is 0. The van der Waals surface area contributed by atoms with Crippen molar-refractivity contribution < 1.29 is 9.53 Å². The topological polar surface area (TPSA) is 41.6 Å². The van der Waals surface area contributed by atoms with Crippen molar-refractivity contribution in [2.24, 2.45) is 5.41 Å². The maximum Gasteiger partial charge on any atom is 0.250 e. The molecule has 1 N–H and O–H groups in total. The average molecular weight is 260 g/mol. The molecule has 102 valence electrons. The van der Waals surface area contributed by atoms with Crippen molar-refractivity contribution in [3.8, 4) is 5.75 Å². The minimum absolute atomic E-state index is 0.0441. The first-order valence-corrected chi connectivity index (χ1v) is 6.50. The molecule has 0 spiro atoms. The summed E-state index contributed by atoms with van der Waals surface area (Å²) in [6.07, 6.45) is 0.963. The molecular formula is C15H20N2O2. The largest absolute Gasteiger partial charge is 0.494 e. The van der Waals surface area contributed by atoms with Crippen LogP contribution in [0.25, 0.3) is 0 Å². The summed E-state index contributed by atoms with van der Waals surface area (Å²) in [6.45, 7) is 10.5. The molecule has 0 unspecified atom stereocenters. The molecule has 1 fully saturated rings. The van der Waals surface area contributed by atoms with Crippen LogP contribution in [0, 0.1) is 5.41 Å². The summed E-state index contributed by atoms with van der Waals surface area (Å²) in [5, 5.41) is 1.72. The van der Waals surface area contributed by atoms with Crippen LogP contribution in [0.15, 0.2) is 36.5 Å². The number of rotatable bonds is 4. The molecule has 0 bridgehead atoms. The van der Waals surface area contributed by atoms with Gasteiger partial charge < -0.3 is 4.74 Å². The Labute approximate surface area is 114 Å². The van der Waals surface area contributed by atoms with Crippen molar-refractivity contribution in [2.75, 3.05) is 11.6 Å². The van der Waals surface area contributed by atoms with E-state index in [4.69, 9.17) is 4.74 Å². The van der Waals surface area contributed by atoms with Gasteiger partial charge in [0.1, 0.15) is 5.75 Å². The number of hydrazine groups is 1. The zero-order chi connectivity index (χ0) is 14.0. The van der Waals surface area contributed by atoms with Gasteiger partial charge in [0.05, 0.1) is 17.7 Å². The number of hydrogen-bond donors (Lipinski definition) is 1. The van der Waals surface area contributed by atoms with E-state index in [0.717, 1.165) is 23.6 Å². The van der Waals surface area contributed by atoms with Gasteiger partial charge >= 0.3 is 0 Å². The van der Waals surface area contributed by atoms with Crippen LogP contribution in [-0.4, -0.2) is 12.5 Å². The third-order valence-corrected chi connectivity index (χ3v) is 3.32. The van der Waals surface area contributed by atoms with Crippen LogP contribution >= 0.6 is 0 Å². The first kappa shape index (κ1) is 13.5. The first-order valence-electron chi connectivity index (χ1n) is 6.50. The number of hydrogen-bond acceptors (Lipinski definition) is 3. The molecule has 0 aromatic heterocycles. The summed E-state index contributed by atoms with van der Waals surface area (Å²) in [4.78, 5) is 11.9. The summed E-state index contributed by atoms with van der Waals surface area (Å²) in [7, 11) is 0. The number of ether oxygens (including phenoxy) is 1. The zero-order valence-electron chi connectivity index (χ0n) is 11.7. The van der Waals surface area contributed by atoms with Gasteiger partial charge in [0, 0.05) is 11.8 Å². The molecular weight excluding hydrogens is 240 g/mol. The SMILES string of the molecule is C=C1N(c2cccc(OCCC)c2)NC(=O)C1(C)C. The van der Waals surface area contributed by atoms with Gasteiger partial charge in [-0.1, -0.05) is 19.6 Å². The van der Waals surface area contributed by atoms with E-state index in [-0.39, 0.29) is 5.91 Å². The van der Waals surface area contributed by atoms with E-state index in [1.165, 1.54) is 0 Å². The molecule has 4 heteroatoms. The molecule has 0 aliphatic carbocycles. The van der Waals surface area contributed by atoms with Crippen molar-refractivity contribution in [1.29, 1.82) is 0 Å². The third-order valence-electron chi connectivity index (χ3n) is 3.32. The van der Waals surface area contributed by atoms with E-state index in [1.807, 2.05) is 38.1 Å². The van der Waals surface area contributed by atoms with E-state index in [9.17, 15) is 4.79 Å². The van der Waals surface area contributed by atoms with E-state index in [0.29, 0.717) is 6.61 Å². The van der Waals surface area contributed by atoms with Crippen LogP contribution in [0.3, 0.4) is 0 Å². The minimum Gasteiger partial charge on any atom is -0.494 e. The second-order valence-electron chi connectivity index (χ2n) is 5.19. The van der Waals surface area contributed by atoms with Crippen LogP contribution in [-0.2, 0) is 4.79 Å². The van der Waals surface area contributed by atoms with Crippen LogP contribution in [0.5, 0.6) is 5.75 Å². The lowest BCUT2D eigenvalue weighted by Gasteiger charge is -2.22. The second kappa shape index (κ2) is 4.96. The molecule has 1 saturated heterocycles. The number of carbonyl (C=O) groups excluding carboxylic acids is 1. The van der Waals surface area contributed by atoms with Gasteiger partial charge in [-0.2, -0.15) is 0 Å². The Balaban J connectivity index is 2.23. The third kappa shape index (κ3) is 2.43. The van der Waals surface area contributed by atoms with Crippen LogP contribution in [0.2, 0.25) is 0 Å². The zero-order valence-corrected chi connectivity index (χ0v) is 11.7. The molecule has 0 saturated carbocycles. The highest BCUT2D eigenvalue weighted by Crippen LogP contribution is 2.36. The van der Waals surface area contributed by atoms with E-state index >= 15 is 0 Å². The van der Waals surface area contributed by atoms with Crippen LogP contribution in [0.1, 0.15) is 27.2 Å². The lowest BCUT2D eigenvalue weighted by molar-refractivity contribution is -0.125. The number of nitrogens with zero attached hydrogens (tertiary/aromatic N) is 1. The molecule has 1 aliphatic rings. The molecule has 4 nitrogen and oxygen atoms in total. The molecule has 0 atom stereocenters. The van der Waals surface area contributed by atoms with Gasteiger partial charge in [-0.3, -0.25) is 15.2 Å². The number of carbonyl (C=O) groups is 1. The summed E-state index contributed by atoms with van der Waals surface area (Å²) < 4.78 is 5.60. The van der Waals surface area contributed by atoms with Gasteiger partial charge in [0.25, 0.3) is 0 Å². The number of amides is 1. The Hall–Kier alpha value is -1.97. The summed E-state index contributed by atoms with van der Waals surface area (Å²) in [5.74, 6) is 0.753. The Bertz CT molecular complexity index is 509. The molecule has 19 heavy (non-hydrogen) atoms. The van der Waals surface area contributed by atoms with Gasteiger partial charge in [-0.05, 0) is 32.4 Å². The Morgan fingerprint density at radius 3 is 2.74 bits per heavy atom. The fourth-order valence-corrected chi connectivity index (χ4v) is 1.87. The van der Waals surface area contributed by atoms with E-state index in [1.54, 1.807) is 5.01 Å². The van der Waals surface area contributed by atoms with Crippen molar-refractivity contribution in [2.45, 2.75) is 27.2 Å². The standard InChI is InChI=1S/C15H20N2O2/c1-5-9-19-13-8-6-7-12(10-13)17-11(2)15(3,4)14(18)16-17/h6-8,10H,2,5,9H2,1,3-4H3,(H,16,18). The fourth-order valence-electron chi connectivity index (χ4n) is 1.87. The van der Waals surface area contributed by atoms with Crippen LogP contribution in [0.4, 0.5) is 5.69 Å². The van der Waals surface area contributed by atoms with Gasteiger partial charge in [-0.15, -0.1) is 0 Å². The fraction of sp³-hybridized carbons (Fsp3) is 0.400. The summed E-state index contributed by atoms with van der Waals surface area (Å²) in [6, 6.07) is 7.64. The molecule has 1 aliphatic heterocycles. The first-order chi connectivity index (χ1) is 8.96. The predicted octanol–water partition coefficient (Wildman–Crippen LogP) is 2.87. The molecule has 0 radical (unpaired) electrons. The van der Waals surface area contributed by atoms with E-state index in [2.05, 4.69) is 18.9 Å². The lowest BCUT2D eigenvalue weighted by Crippen LogP contribution is -2.32. The number of nitrogens with one attached hydrogen (secondary N) is 1. The molecule has 1 heterocycles. The van der Waals surface area contributed by atoms with Crippen molar-refractivity contribution in [3.05, 3.63) is 36.5 Å². The molecule has 1 aromatic carbocycles. The maximum absolute atomic E-state index is 11.9. The summed E-state index contributed by atoms with van der Waals surface area (Å²) in [5.41, 5.74) is 3.85. The normalized spacial score (nSPS) is 17.5. The van der Waals surface area contributed by atoms with Crippen molar-refractivity contribution >= 4 is 11.6 Å². The van der Waals surface area contributed by atoms with E-state index < -0.39 is 5.41 Å². The Kier molecular flexibility index (Phi) is 3.51. The molecule has 1 amide bonds. The second-order valence-corrected chi connectivity index (χ2v) is 5.19.